The van der Waals surface area contributed by atoms with Gasteiger partial charge in [-0.25, -0.2) is 0 Å². The molecule has 1 atom stereocenters. The number of amides is 2. The molecule has 5 heteroatoms. The van der Waals surface area contributed by atoms with Crippen LogP contribution in [0.5, 0.6) is 5.75 Å². The predicted molar refractivity (Wildman–Crippen MR) is 117 cm³/mol. The molecule has 4 rings (SSSR count). The summed E-state index contributed by atoms with van der Waals surface area (Å²) in [6.07, 6.45) is 12.4. The van der Waals surface area contributed by atoms with Crippen molar-refractivity contribution >= 4 is 11.8 Å². The Hall–Kier alpha value is -2.04. The van der Waals surface area contributed by atoms with Crippen molar-refractivity contribution in [2.24, 2.45) is 0 Å². The van der Waals surface area contributed by atoms with E-state index in [0.717, 1.165) is 62.9 Å². The van der Waals surface area contributed by atoms with Crippen LogP contribution in [-0.4, -0.2) is 46.8 Å². The van der Waals surface area contributed by atoms with Crippen molar-refractivity contribution in [1.29, 1.82) is 0 Å². The molecule has 0 radical (unpaired) electrons. The molecule has 0 aromatic heterocycles. The van der Waals surface area contributed by atoms with Gasteiger partial charge in [0.25, 0.3) is 5.91 Å². The van der Waals surface area contributed by atoms with Crippen LogP contribution in [0.3, 0.4) is 0 Å². The molecule has 2 aliphatic carbocycles. The molecular formula is C25H36N2O3. The zero-order chi connectivity index (χ0) is 20.9. The monoisotopic (exact) mass is 412 g/mol. The maximum absolute atomic E-state index is 13.6. The van der Waals surface area contributed by atoms with Gasteiger partial charge in [-0.2, -0.15) is 0 Å². The van der Waals surface area contributed by atoms with E-state index in [9.17, 15) is 9.59 Å². The molecule has 2 amide bonds. The second-order valence-corrected chi connectivity index (χ2v) is 9.17. The van der Waals surface area contributed by atoms with Gasteiger partial charge >= 0.3 is 0 Å². The topological polar surface area (TPSA) is 49.9 Å². The number of hydrogen-bond donors (Lipinski definition) is 0. The minimum absolute atomic E-state index is 0.113. The Balaban J connectivity index is 1.47. The van der Waals surface area contributed by atoms with Crippen molar-refractivity contribution in [3.05, 3.63) is 29.8 Å². The minimum Gasteiger partial charge on any atom is -0.494 e. The lowest BCUT2D eigenvalue weighted by molar-refractivity contribution is -0.159. The third-order valence-corrected chi connectivity index (χ3v) is 6.81. The first kappa shape index (κ1) is 21.2. The quantitative estimate of drug-likeness (QED) is 0.545. The first-order valence-electron chi connectivity index (χ1n) is 12.0. The van der Waals surface area contributed by atoms with E-state index >= 15 is 0 Å². The summed E-state index contributed by atoms with van der Waals surface area (Å²) in [5.74, 6) is 1.07. The Bertz CT molecular complexity index is 722. The number of nitrogens with zero attached hydrogens (tertiary/aromatic N) is 2. The lowest BCUT2D eigenvalue weighted by atomic mass is 9.91. The molecule has 0 spiro atoms. The van der Waals surface area contributed by atoms with Crippen molar-refractivity contribution in [1.82, 2.24) is 9.80 Å². The summed E-state index contributed by atoms with van der Waals surface area (Å²) < 4.78 is 5.87. The third kappa shape index (κ3) is 4.81. The molecule has 1 aliphatic heterocycles. The second kappa shape index (κ2) is 9.84. The molecule has 1 aromatic carbocycles. The first-order valence-corrected chi connectivity index (χ1v) is 12.0. The maximum Gasteiger partial charge on any atom is 0.250 e. The third-order valence-electron chi connectivity index (χ3n) is 6.81. The highest BCUT2D eigenvalue weighted by Gasteiger charge is 2.48. The van der Waals surface area contributed by atoms with Crippen molar-refractivity contribution < 1.29 is 14.3 Å². The summed E-state index contributed by atoms with van der Waals surface area (Å²) in [4.78, 5) is 30.4. The fourth-order valence-corrected chi connectivity index (χ4v) is 4.96. The first-order chi connectivity index (χ1) is 14.7. The van der Waals surface area contributed by atoms with Crippen LogP contribution >= 0.6 is 0 Å². The Morgan fingerprint density at radius 3 is 2.30 bits per heavy atom. The molecule has 1 saturated heterocycles. The van der Waals surface area contributed by atoms with Gasteiger partial charge in [0.15, 0.2) is 0 Å². The number of piperazine rings is 1. The van der Waals surface area contributed by atoms with Gasteiger partial charge in [-0.05, 0) is 49.8 Å². The van der Waals surface area contributed by atoms with E-state index in [0.29, 0.717) is 0 Å². The number of carbonyl (C=O) groups is 2. The summed E-state index contributed by atoms with van der Waals surface area (Å²) in [5, 5.41) is 0. The summed E-state index contributed by atoms with van der Waals surface area (Å²) in [6, 6.07) is 7.86. The number of unbranched alkanes of at least 4 members (excludes halogenated alkanes) is 3. The van der Waals surface area contributed by atoms with E-state index < -0.39 is 6.04 Å². The lowest BCUT2D eigenvalue weighted by Crippen LogP contribution is -2.59. The number of hydrogen-bond acceptors (Lipinski definition) is 3. The van der Waals surface area contributed by atoms with E-state index in [-0.39, 0.29) is 30.4 Å². The molecule has 3 aliphatic rings. The SMILES string of the molecule is CCCCCCOc1ccc([C@H]2C(=O)N(C3CCCCC3)CC(=O)N2C2CC2)cc1. The maximum atomic E-state index is 13.6. The highest BCUT2D eigenvalue weighted by molar-refractivity contribution is 5.96. The zero-order valence-corrected chi connectivity index (χ0v) is 18.4. The largest absolute Gasteiger partial charge is 0.494 e. The molecule has 30 heavy (non-hydrogen) atoms. The molecule has 1 aromatic rings. The predicted octanol–water partition coefficient (Wildman–Crippen LogP) is 4.85. The van der Waals surface area contributed by atoms with Gasteiger partial charge < -0.3 is 14.5 Å². The van der Waals surface area contributed by atoms with Crippen LogP contribution in [0.15, 0.2) is 24.3 Å². The van der Waals surface area contributed by atoms with Gasteiger partial charge in [0.1, 0.15) is 18.3 Å². The van der Waals surface area contributed by atoms with Crippen molar-refractivity contribution in [3.63, 3.8) is 0 Å². The average molecular weight is 413 g/mol. The fraction of sp³-hybridized carbons (Fsp3) is 0.680. The Morgan fingerprint density at radius 2 is 1.63 bits per heavy atom. The number of carbonyl (C=O) groups excluding carboxylic acids is 2. The molecule has 3 fully saturated rings. The highest BCUT2D eigenvalue weighted by Crippen LogP contribution is 2.39. The number of benzene rings is 1. The van der Waals surface area contributed by atoms with Crippen molar-refractivity contribution in [2.75, 3.05) is 13.2 Å². The number of ether oxygens (including phenoxy) is 1. The van der Waals surface area contributed by atoms with E-state index in [1.807, 2.05) is 34.1 Å². The molecule has 5 nitrogen and oxygen atoms in total. The summed E-state index contributed by atoms with van der Waals surface area (Å²) >= 11 is 0. The molecule has 0 unspecified atom stereocenters. The van der Waals surface area contributed by atoms with E-state index in [4.69, 9.17) is 4.74 Å². The van der Waals surface area contributed by atoms with Crippen LogP contribution in [0.25, 0.3) is 0 Å². The number of rotatable bonds is 9. The van der Waals surface area contributed by atoms with Gasteiger partial charge in [-0.15, -0.1) is 0 Å². The van der Waals surface area contributed by atoms with Gasteiger partial charge in [0.05, 0.1) is 6.61 Å². The van der Waals surface area contributed by atoms with E-state index in [1.165, 1.54) is 25.7 Å². The van der Waals surface area contributed by atoms with Crippen LogP contribution in [0.1, 0.15) is 89.2 Å². The average Bonchev–Trinajstić information content (AvgIpc) is 3.61. The van der Waals surface area contributed by atoms with Gasteiger partial charge in [-0.1, -0.05) is 57.6 Å². The smallest absolute Gasteiger partial charge is 0.250 e. The Morgan fingerprint density at radius 1 is 0.900 bits per heavy atom. The zero-order valence-electron chi connectivity index (χ0n) is 18.4. The van der Waals surface area contributed by atoms with Crippen LogP contribution in [0, 0.1) is 0 Å². The second-order valence-electron chi connectivity index (χ2n) is 9.17. The molecule has 0 N–H and O–H groups in total. The summed E-state index contributed by atoms with van der Waals surface area (Å²) in [5.41, 5.74) is 0.916. The fourth-order valence-electron chi connectivity index (χ4n) is 4.96. The normalized spacial score (nSPS) is 23.2. The van der Waals surface area contributed by atoms with Crippen molar-refractivity contribution in [2.45, 2.75) is 95.7 Å². The molecule has 2 saturated carbocycles. The van der Waals surface area contributed by atoms with Crippen molar-refractivity contribution in [3.8, 4) is 5.75 Å². The summed E-state index contributed by atoms with van der Waals surface area (Å²) in [6.45, 7) is 3.19. The van der Waals surface area contributed by atoms with E-state index in [2.05, 4.69) is 6.92 Å². The van der Waals surface area contributed by atoms with Crippen LogP contribution in [0.2, 0.25) is 0 Å². The summed E-state index contributed by atoms with van der Waals surface area (Å²) in [7, 11) is 0. The molecule has 0 bridgehead atoms. The standard InChI is InChI=1S/C25H36N2O3/c1-2-3-4-8-17-30-22-15-11-19(12-16-22)24-25(29)26(20-9-6-5-7-10-20)18-23(28)27(24)21-13-14-21/h11-12,15-16,20-21,24H,2-10,13-14,17-18H2,1H3/t24-/m0/s1. The lowest BCUT2D eigenvalue weighted by Gasteiger charge is -2.44. The Kier molecular flexibility index (Phi) is 6.96. The van der Waals surface area contributed by atoms with Gasteiger partial charge in [-0.3, -0.25) is 9.59 Å². The Labute approximate surface area is 180 Å². The van der Waals surface area contributed by atoms with Crippen LogP contribution < -0.4 is 4.74 Å². The molecule has 1 heterocycles. The van der Waals surface area contributed by atoms with Gasteiger partial charge in [0, 0.05) is 12.1 Å². The van der Waals surface area contributed by atoms with Gasteiger partial charge in [0.2, 0.25) is 5.91 Å². The van der Waals surface area contributed by atoms with Crippen LogP contribution in [0.4, 0.5) is 0 Å². The van der Waals surface area contributed by atoms with Crippen LogP contribution in [-0.2, 0) is 9.59 Å². The van der Waals surface area contributed by atoms with E-state index in [1.54, 1.807) is 0 Å². The molecular weight excluding hydrogens is 376 g/mol. The highest BCUT2D eigenvalue weighted by atomic mass is 16.5. The molecule has 164 valence electrons. The minimum atomic E-state index is -0.473.